The highest BCUT2D eigenvalue weighted by Crippen LogP contribution is 2.06. The molecule has 2 aromatic carbocycles. The van der Waals surface area contributed by atoms with E-state index in [1.807, 2.05) is 55.5 Å². The maximum Gasteiger partial charge on any atom is 0.339 e. The minimum Gasteiger partial charge on any atom is -0.446 e. The number of benzene rings is 2. The SMILES string of the molecule is CCC(C#Cc1ccccc1)OC(=O)c1ccccc1. The fourth-order valence-corrected chi connectivity index (χ4v) is 1.67. The van der Waals surface area contributed by atoms with Crippen LogP contribution in [-0.2, 0) is 4.74 Å². The van der Waals surface area contributed by atoms with Gasteiger partial charge in [-0.2, -0.15) is 0 Å². The summed E-state index contributed by atoms with van der Waals surface area (Å²) in [6.07, 6.45) is 0.279. The maximum atomic E-state index is 11.9. The molecule has 0 aromatic heterocycles. The molecule has 0 fully saturated rings. The first-order valence-electron chi connectivity index (χ1n) is 6.62. The number of carbonyl (C=O) groups excluding carboxylic acids is 1. The largest absolute Gasteiger partial charge is 0.446 e. The zero-order valence-corrected chi connectivity index (χ0v) is 11.4. The van der Waals surface area contributed by atoms with E-state index in [9.17, 15) is 4.79 Å². The number of rotatable bonds is 3. The molecule has 100 valence electrons. The highest BCUT2D eigenvalue weighted by atomic mass is 16.5. The Labute approximate surface area is 119 Å². The van der Waals surface area contributed by atoms with Gasteiger partial charge in [0.15, 0.2) is 6.10 Å². The molecule has 2 aromatic rings. The number of ether oxygens (including phenoxy) is 1. The van der Waals surface area contributed by atoms with Crippen LogP contribution >= 0.6 is 0 Å². The molecule has 0 aliphatic rings. The van der Waals surface area contributed by atoms with E-state index in [1.165, 1.54) is 0 Å². The number of esters is 1. The van der Waals surface area contributed by atoms with Crippen LogP contribution in [0.2, 0.25) is 0 Å². The molecule has 1 unspecified atom stereocenters. The van der Waals surface area contributed by atoms with Crippen molar-refractivity contribution in [3.63, 3.8) is 0 Å². The van der Waals surface area contributed by atoms with Gasteiger partial charge in [0.05, 0.1) is 5.56 Å². The summed E-state index contributed by atoms with van der Waals surface area (Å²) in [5, 5.41) is 0. The quantitative estimate of drug-likeness (QED) is 0.624. The lowest BCUT2D eigenvalue weighted by Gasteiger charge is -2.09. The summed E-state index contributed by atoms with van der Waals surface area (Å²) < 4.78 is 5.39. The van der Waals surface area contributed by atoms with Gasteiger partial charge in [0, 0.05) is 5.56 Å². The third-order valence-electron chi connectivity index (χ3n) is 2.78. The zero-order valence-electron chi connectivity index (χ0n) is 11.4. The molecule has 2 rings (SSSR count). The van der Waals surface area contributed by atoms with Gasteiger partial charge in [-0.3, -0.25) is 0 Å². The monoisotopic (exact) mass is 264 g/mol. The van der Waals surface area contributed by atoms with Crippen molar-refractivity contribution in [1.29, 1.82) is 0 Å². The Morgan fingerprint density at radius 2 is 1.65 bits per heavy atom. The summed E-state index contributed by atoms with van der Waals surface area (Å²) in [7, 11) is 0. The molecule has 0 amide bonds. The van der Waals surface area contributed by atoms with E-state index < -0.39 is 0 Å². The average Bonchev–Trinajstić information content (AvgIpc) is 2.53. The molecular weight excluding hydrogens is 248 g/mol. The minimum absolute atomic E-state index is 0.334. The van der Waals surface area contributed by atoms with Gasteiger partial charge in [-0.05, 0) is 30.7 Å². The molecule has 0 N–H and O–H groups in total. The van der Waals surface area contributed by atoms with Crippen LogP contribution in [0.15, 0.2) is 60.7 Å². The van der Waals surface area contributed by atoms with Gasteiger partial charge in [0.25, 0.3) is 0 Å². The van der Waals surface area contributed by atoms with Gasteiger partial charge < -0.3 is 4.74 Å². The predicted molar refractivity (Wildman–Crippen MR) is 79.3 cm³/mol. The molecule has 0 bridgehead atoms. The molecule has 0 saturated heterocycles. The normalized spacial score (nSPS) is 11.1. The number of carbonyl (C=O) groups is 1. The highest BCUT2D eigenvalue weighted by Gasteiger charge is 2.11. The van der Waals surface area contributed by atoms with E-state index in [4.69, 9.17) is 4.74 Å². The van der Waals surface area contributed by atoms with Crippen molar-refractivity contribution >= 4 is 5.97 Å². The summed E-state index contributed by atoms with van der Waals surface area (Å²) in [6, 6.07) is 18.6. The van der Waals surface area contributed by atoms with Crippen LogP contribution in [0.5, 0.6) is 0 Å². The Kier molecular flexibility index (Phi) is 4.97. The summed E-state index contributed by atoms with van der Waals surface area (Å²) in [5.41, 5.74) is 1.47. The zero-order chi connectivity index (χ0) is 14.2. The van der Waals surface area contributed by atoms with Crippen LogP contribution in [0.4, 0.5) is 0 Å². The van der Waals surface area contributed by atoms with Gasteiger partial charge in [0.1, 0.15) is 0 Å². The van der Waals surface area contributed by atoms with Crippen LogP contribution in [0.25, 0.3) is 0 Å². The predicted octanol–water partition coefficient (Wildman–Crippen LogP) is 3.67. The Balaban J connectivity index is 2.03. The van der Waals surface area contributed by atoms with Crippen molar-refractivity contribution < 1.29 is 9.53 Å². The second-order valence-electron chi connectivity index (χ2n) is 4.30. The van der Waals surface area contributed by atoms with Crippen molar-refractivity contribution in [3.8, 4) is 11.8 Å². The van der Waals surface area contributed by atoms with Gasteiger partial charge in [0.2, 0.25) is 0 Å². The molecular formula is C18H16O2. The molecule has 20 heavy (non-hydrogen) atoms. The topological polar surface area (TPSA) is 26.3 Å². The van der Waals surface area contributed by atoms with Gasteiger partial charge in [-0.25, -0.2) is 4.79 Å². The van der Waals surface area contributed by atoms with Gasteiger partial charge in [-0.15, -0.1) is 0 Å². The first-order chi connectivity index (χ1) is 9.79. The Morgan fingerprint density at radius 3 is 2.25 bits per heavy atom. The molecule has 2 heteroatoms. The molecule has 0 aliphatic heterocycles. The average molecular weight is 264 g/mol. The maximum absolute atomic E-state index is 11.9. The summed E-state index contributed by atoms with van der Waals surface area (Å²) in [5.74, 6) is 5.69. The Hall–Kier alpha value is -2.53. The smallest absolute Gasteiger partial charge is 0.339 e. The standard InChI is InChI=1S/C18H16O2/c1-2-17(14-13-15-9-5-3-6-10-15)20-18(19)16-11-7-4-8-12-16/h3-12,17H,2H2,1H3. The van der Waals surface area contributed by atoms with Crippen molar-refractivity contribution in [2.24, 2.45) is 0 Å². The molecule has 0 spiro atoms. The fourth-order valence-electron chi connectivity index (χ4n) is 1.67. The van der Waals surface area contributed by atoms with E-state index in [1.54, 1.807) is 12.1 Å². The van der Waals surface area contributed by atoms with Crippen LogP contribution in [-0.4, -0.2) is 12.1 Å². The molecule has 0 heterocycles. The molecule has 1 atom stereocenters. The van der Waals surface area contributed by atoms with E-state index in [0.29, 0.717) is 12.0 Å². The molecule has 0 saturated carbocycles. The van der Waals surface area contributed by atoms with Crippen LogP contribution in [0.3, 0.4) is 0 Å². The van der Waals surface area contributed by atoms with Gasteiger partial charge >= 0.3 is 5.97 Å². The summed E-state index contributed by atoms with van der Waals surface area (Å²) in [4.78, 5) is 11.9. The molecule has 0 aliphatic carbocycles. The fraction of sp³-hybridized carbons (Fsp3) is 0.167. The third-order valence-corrected chi connectivity index (χ3v) is 2.78. The first-order valence-corrected chi connectivity index (χ1v) is 6.62. The minimum atomic E-state index is -0.386. The first kappa shape index (κ1) is 13.9. The summed E-state index contributed by atoms with van der Waals surface area (Å²) in [6.45, 7) is 1.95. The van der Waals surface area contributed by atoms with E-state index in [0.717, 1.165) is 5.56 Å². The lowest BCUT2D eigenvalue weighted by Crippen LogP contribution is -2.15. The Bertz CT molecular complexity index is 606. The lowest BCUT2D eigenvalue weighted by molar-refractivity contribution is 0.0405. The Morgan fingerprint density at radius 1 is 1.05 bits per heavy atom. The van der Waals surface area contributed by atoms with Crippen molar-refractivity contribution in [2.75, 3.05) is 0 Å². The molecule has 2 nitrogen and oxygen atoms in total. The highest BCUT2D eigenvalue weighted by molar-refractivity contribution is 5.89. The second kappa shape index (κ2) is 7.16. The second-order valence-corrected chi connectivity index (χ2v) is 4.30. The van der Waals surface area contributed by atoms with Crippen LogP contribution in [0.1, 0.15) is 29.3 Å². The summed E-state index contributed by atoms with van der Waals surface area (Å²) >= 11 is 0. The molecule has 0 radical (unpaired) electrons. The van der Waals surface area contributed by atoms with E-state index in [-0.39, 0.29) is 12.1 Å². The van der Waals surface area contributed by atoms with Crippen molar-refractivity contribution in [2.45, 2.75) is 19.4 Å². The van der Waals surface area contributed by atoms with Crippen molar-refractivity contribution in [3.05, 3.63) is 71.8 Å². The van der Waals surface area contributed by atoms with E-state index >= 15 is 0 Å². The van der Waals surface area contributed by atoms with Crippen LogP contribution in [0, 0.1) is 11.8 Å². The van der Waals surface area contributed by atoms with Crippen LogP contribution < -0.4 is 0 Å². The van der Waals surface area contributed by atoms with E-state index in [2.05, 4.69) is 11.8 Å². The van der Waals surface area contributed by atoms with Crippen molar-refractivity contribution in [1.82, 2.24) is 0 Å². The number of hydrogen-bond donors (Lipinski definition) is 0. The van der Waals surface area contributed by atoms with Gasteiger partial charge in [-0.1, -0.05) is 55.2 Å². The number of hydrogen-bond acceptors (Lipinski definition) is 2. The third kappa shape index (κ3) is 4.00. The lowest BCUT2D eigenvalue weighted by atomic mass is 10.2.